The predicted molar refractivity (Wildman–Crippen MR) is 61.5 cm³/mol. The second kappa shape index (κ2) is 3.56. The number of carboxylic acids is 1. The van der Waals surface area contributed by atoms with E-state index in [4.69, 9.17) is 5.11 Å². The van der Waals surface area contributed by atoms with Crippen LogP contribution in [0.3, 0.4) is 0 Å². The van der Waals surface area contributed by atoms with Gasteiger partial charge in [0, 0.05) is 5.41 Å². The highest BCUT2D eigenvalue weighted by atomic mass is 19.1. The van der Waals surface area contributed by atoms with Crippen LogP contribution in [0.2, 0.25) is 0 Å². The molecule has 2 aliphatic carbocycles. The standard InChI is InChI=1S/C14H15FO2/c15-12-7-10(3-4-11(12)9-1-2-9)14(5-6-14)8-13(16)17/h3-4,7,9H,1-2,5-6,8H2,(H,16,17). The molecular weight excluding hydrogens is 219 g/mol. The highest BCUT2D eigenvalue weighted by Gasteiger charge is 2.46. The van der Waals surface area contributed by atoms with E-state index < -0.39 is 5.97 Å². The van der Waals surface area contributed by atoms with Gasteiger partial charge in [-0.05, 0) is 48.8 Å². The molecule has 0 aromatic heterocycles. The molecule has 3 heteroatoms. The number of halogens is 1. The van der Waals surface area contributed by atoms with Gasteiger partial charge in [0.15, 0.2) is 0 Å². The number of aliphatic carboxylic acids is 1. The van der Waals surface area contributed by atoms with Crippen LogP contribution in [0.15, 0.2) is 18.2 Å². The summed E-state index contributed by atoms with van der Waals surface area (Å²) in [6.07, 6.45) is 4.01. The van der Waals surface area contributed by atoms with Crippen molar-refractivity contribution in [1.29, 1.82) is 0 Å². The summed E-state index contributed by atoms with van der Waals surface area (Å²) in [5, 5.41) is 8.88. The molecule has 0 unspecified atom stereocenters. The van der Waals surface area contributed by atoms with E-state index in [2.05, 4.69) is 0 Å². The van der Waals surface area contributed by atoms with Gasteiger partial charge in [-0.2, -0.15) is 0 Å². The van der Waals surface area contributed by atoms with Crippen molar-refractivity contribution in [1.82, 2.24) is 0 Å². The van der Waals surface area contributed by atoms with Crippen molar-refractivity contribution >= 4 is 5.97 Å². The fraction of sp³-hybridized carbons (Fsp3) is 0.500. The lowest BCUT2D eigenvalue weighted by molar-refractivity contribution is -0.137. The lowest BCUT2D eigenvalue weighted by Gasteiger charge is -2.14. The Morgan fingerprint density at radius 2 is 2.12 bits per heavy atom. The van der Waals surface area contributed by atoms with Crippen LogP contribution in [0.25, 0.3) is 0 Å². The maximum absolute atomic E-state index is 13.9. The summed E-state index contributed by atoms with van der Waals surface area (Å²) in [5.41, 5.74) is 1.39. The van der Waals surface area contributed by atoms with Crippen LogP contribution >= 0.6 is 0 Å². The Labute approximate surface area is 99.5 Å². The fourth-order valence-corrected chi connectivity index (χ4v) is 2.59. The molecule has 1 aromatic carbocycles. The highest BCUT2D eigenvalue weighted by Crippen LogP contribution is 2.52. The van der Waals surface area contributed by atoms with E-state index in [1.807, 2.05) is 12.1 Å². The monoisotopic (exact) mass is 234 g/mol. The maximum Gasteiger partial charge on any atom is 0.304 e. The van der Waals surface area contributed by atoms with Crippen LogP contribution in [0.1, 0.15) is 49.1 Å². The van der Waals surface area contributed by atoms with Crippen molar-refractivity contribution in [2.45, 2.75) is 43.4 Å². The van der Waals surface area contributed by atoms with Gasteiger partial charge in [0.2, 0.25) is 0 Å². The third-order valence-electron chi connectivity index (χ3n) is 3.97. The molecule has 3 rings (SSSR count). The zero-order valence-corrected chi connectivity index (χ0v) is 9.58. The fourth-order valence-electron chi connectivity index (χ4n) is 2.59. The minimum absolute atomic E-state index is 0.120. The number of benzene rings is 1. The summed E-state index contributed by atoms with van der Waals surface area (Å²) in [5.74, 6) is -0.547. The van der Waals surface area contributed by atoms with Gasteiger partial charge in [-0.15, -0.1) is 0 Å². The summed E-state index contributed by atoms with van der Waals surface area (Å²) < 4.78 is 13.9. The van der Waals surface area contributed by atoms with Gasteiger partial charge in [-0.25, -0.2) is 4.39 Å². The quantitative estimate of drug-likeness (QED) is 0.868. The Bertz CT molecular complexity index is 473. The van der Waals surface area contributed by atoms with E-state index in [1.54, 1.807) is 6.07 Å². The van der Waals surface area contributed by atoms with Gasteiger partial charge < -0.3 is 5.11 Å². The molecular formula is C14H15FO2. The van der Waals surface area contributed by atoms with E-state index in [0.717, 1.165) is 36.8 Å². The zero-order chi connectivity index (χ0) is 12.0. The summed E-state index contributed by atoms with van der Waals surface area (Å²) in [4.78, 5) is 10.8. The van der Waals surface area contributed by atoms with Gasteiger partial charge in [0.05, 0.1) is 6.42 Å². The predicted octanol–water partition coefficient (Wildman–Crippen LogP) is 3.21. The third kappa shape index (κ3) is 1.94. The molecule has 0 radical (unpaired) electrons. The average Bonchev–Trinajstić information content (AvgIpc) is 3.11. The summed E-state index contributed by atoms with van der Waals surface area (Å²) in [6, 6.07) is 5.33. The highest BCUT2D eigenvalue weighted by molar-refractivity contribution is 5.70. The molecule has 1 N–H and O–H groups in total. The number of hydrogen-bond donors (Lipinski definition) is 1. The van der Waals surface area contributed by atoms with Crippen LogP contribution in [-0.4, -0.2) is 11.1 Å². The molecule has 2 saturated carbocycles. The molecule has 0 amide bonds. The van der Waals surface area contributed by atoms with E-state index >= 15 is 0 Å². The first kappa shape index (κ1) is 10.8. The first-order chi connectivity index (χ1) is 8.11. The van der Waals surface area contributed by atoms with E-state index in [-0.39, 0.29) is 17.7 Å². The van der Waals surface area contributed by atoms with Crippen molar-refractivity contribution in [3.8, 4) is 0 Å². The molecule has 90 valence electrons. The SMILES string of the molecule is O=C(O)CC1(c2ccc(C3CC3)c(F)c2)CC1. The number of rotatable bonds is 4. The lowest BCUT2D eigenvalue weighted by Crippen LogP contribution is -2.13. The number of carboxylic acid groups (broad SMARTS) is 1. The molecule has 0 spiro atoms. The lowest BCUT2D eigenvalue weighted by atomic mass is 9.91. The Hall–Kier alpha value is -1.38. The van der Waals surface area contributed by atoms with Gasteiger partial charge in [0.1, 0.15) is 5.82 Å². The van der Waals surface area contributed by atoms with Crippen LogP contribution in [0.4, 0.5) is 4.39 Å². The molecule has 2 nitrogen and oxygen atoms in total. The molecule has 0 heterocycles. The molecule has 0 atom stereocenters. The second-order valence-corrected chi connectivity index (χ2v) is 5.36. The van der Waals surface area contributed by atoms with Crippen molar-refractivity contribution in [2.24, 2.45) is 0 Å². The van der Waals surface area contributed by atoms with Crippen LogP contribution in [-0.2, 0) is 10.2 Å². The van der Waals surface area contributed by atoms with Crippen molar-refractivity contribution in [3.05, 3.63) is 35.1 Å². The minimum Gasteiger partial charge on any atom is -0.481 e. The molecule has 0 bridgehead atoms. The summed E-state index contributed by atoms with van der Waals surface area (Å²) >= 11 is 0. The summed E-state index contributed by atoms with van der Waals surface area (Å²) in [6.45, 7) is 0. The first-order valence-electron chi connectivity index (χ1n) is 6.12. The molecule has 0 aliphatic heterocycles. The Morgan fingerprint density at radius 1 is 1.41 bits per heavy atom. The molecule has 1 aromatic rings. The molecule has 2 fully saturated rings. The second-order valence-electron chi connectivity index (χ2n) is 5.36. The smallest absolute Gasteiger partial charge is 0.304 e. The normalized spacial score (nSPS) is 21.2. The largest absolute Gasteiger partial charge is 0.481 e. The average molecular weight is 234 g/mol. The van der Waals surface area contributed by atoms with Crippen molar-refractivity contribution in [2.75, 3.05) is 0 Å². The Kier molecular flexibility index (Phi) is 2.25. The molecule has 0 saturated heterocycles. The van der Waals surface area contributed by atoms with Gasteiger partial charge in [0.25, 0.3) is 0 Å². The zero-order valence-electron chi connectivity index (χ0n) is 9.58. The van der Waals surface area contributed by atoms with Crippen LogP contribution < -0.4 is 0 Å². The third-order valence-corrected chi connectivity index (χ3v) is 3.97. The van der Waals surface area contributed by atoms with Gasteiger partial charge in [-0.1, -0.05) is 12.1 Å². The Morgan fingerprint density at radius 3 is 2.59 bits per heavy atom. The Balaban J connectivity index is 1.88. The van der Waals surface area contributed by atoms with Crippen LogP contribution in [0.5, 0.6) is 0 Å². The minimum atomic E-state index is -0.797. The molecule has 2 aliphatic rings. The maximum atomic E-state index is 13.9. The van der Waals surface area contributed by atoms with E-state index in [0.29, 0.717) is 5.92 Å². The van der Waals surface area contributed by atoms with Crippen molar-refractivity contribution < 1.29 is 14.3 Å². The van der Waals surface area contributed by atoms with E-state index in [1.165, 1.54) is 0 Å². The topological polar surface area (TPSA) is 37.3 Å². The summed E-state index contributed by atoms with van der Waals surface area (Å²) in [7, 11) is 0. The van der Waals surface area contributed by atoms with Crippen LogP contribution in [0, 0.1) is 5.82 Å². The first-order valence-corrected chi connectivity index (χ1v) is 6.12. The number of carbonyl (C=O) groups is 1. The van der Waals surface area contributed by atoms with E-state index in [9.17, 15) is 9.18 Å². The van der Waals surface area contributed by atoms with Crippen molar-refractivity contribution in [3.63, 3.8) is 0 Å². The van der Waals surface area contributed by atoms with Gasteiger partial charge >= 0.3 is 5.97 Å². The van der Waals surface area contributed by atoms with Gasteiger partial charge in [-0.3, -0.25) is 4.79 Å². The molecule has 17 heavy (non-hydrogen) atoms. The number of hydrogen-bond acceptors (Lipinski definition) is 1.